The van der Waals surface area contributed by atoms with Gasteiger partial charge in [-0.3, -0.25) is 10.1 Å². The van der Waals surface area contributed by atoms with Crippen LogP contribution in [-0.2, 0) is 0 Å². The lowest BCUT2D eigenvalue weighted by Crippen LogP contribution is -2.39. The van der Waals surface area contributed by atoms with Gasteiger partial charge in [0.15, 0.2) is 5.13 Å². The number of hydrogen-bond acceptors (Lipinski definition) is 6. The molecule has 0 radical (unpaired) electrons. The number of nitrogens with one attached hydrogen (secondary N) is 1. The maximum Gasteiger partial charge on any atom is 0.270 e. The summed E-state index contributed by atoms with van der Waals surface area (Å²) in [4.78, 5) is 14.7. The molecule has 6 nitrogen and oxygen atoms in total. The van der Waals surface area contributed by atoms with Gasteiger partial charge < -0.3 is 11.1 Å². The Hall–Kier alpha value is -1.73. The van der Waals surface area contributed by atoms with Gasteiger partial charge in [0.2, 0.25) is 0 Å². The summed E-state index contributed by atoms with van der Waals surface area (Å²) in [7, 11) is 0. The van der Waals surface area contributed by atoms with E-state index in [0.29, 0.717) is 6.54 Å². The molecule has 0 spiro atoms. The van der Waals surface area contributed by atoms with Crippen molar-refractivity contribution >= 4 is 32.4 Å². The number of nitro benzene ring substituents is 1. The number of fused-ring (bicyclic) bond motifs is 1. The summed E-state index contributed by atoms with van der Waals surface area (Å²) >= 11 is 1.39. The van der Waals surface area contributed by atoms with Gasteiger partial charge in [-0.05, 0) is 19.9 Å². The molecular formula is C11H14N4O2S. The van der Waals surface area contributed by atoms with Crippen LogP contribution in [0.3, 0.4) is 0 Å². The highest BCUT2D eigenvalue weighted by atomic mass is 32.1. The highest BCUT2D eigenvalue weighted by molar-refractivity contribution is 7.22. The van der Waals surface area contributed by atoms with Gasteiger partial charge in [-0.15, -0.1) is 0 Å². The third kappa shape index (κ3) is 2.57. The van der Waals surface area contributed by atoms with Crippen LogP contribution in [0.1, 0.15) is 13.8 Å². The van der Waals surface area contributed by atoms with Crippen LogP contribution in [0.4, 0.5) is 10.8 Å². The predicted octanol–water partition coefficient (Wildman–Crippen LogP) is 2.35. The van der Waals surface area contributed by atoms with Crippen molar-refractivity contribution in [3.8, 4) is 0 Å². The largest absolute Gasteiger partial charge is 0.355 e. The molecular weight excluding hydrogens is 252 g/mol. The number of non-ortho nitro benzene ring substituents is 1. The zero-order chi connectivity index (χ0) is 13.3. The number of nitro groups is 1. The highest BCUT2D eigenvalue weighted by Crippen LogP contribution is 2.30. The Labute approximate surface area is 108 Å². The Bertz CT molecular complexity index is 594. The summed E-state index contributed by atoms with van der Waals surface area (Å²) in [6, 6.07) is 4.65. The molecule has 18 heavy (non-hydrogen) atoms. The zero-order valence-corrected chi connectivity index (χ0v) is 11.0. The monoisotopic (exact) mass is 266 g/mol. The Kier molecular flexibility index (Phi) is 3.18. The van der Waals surface area contributed by atoms with E-state index in [4.69, 9.17) is 5.73 Å². The number of nitrogens with two attached hydrogens (primary N) is 1. The molecule has 2 aromatic rings. The first-order valence-electron chi connectivity index (χ1n) is 5.44. The van der Waals surface area contributed by atoms with Crippen LogP contribution in [0, 0.1) is 10.1 Å². The van der Waals surface area contributed by atoms with Crippen LogP contribution < -0.4 is 11.1 Å². The molecule has 0 aliphatic carbocycles. The molecule has 7 heteroatoms. The van der Waals surface area contributed by atoms with Crippen LogP contribution in [0.2, 0.25) is 0 Å². The fourth-order valence-electron chi connectivity index (χ4n) is 1.42. The molecule has 0 saturated heterocycles. The van der Waals surface area contributed by atoms with E-state index in [1.54, 1.807) is 6.07 Å². The predicted molar refractivity (Wildman–Crippen MR) is 73.0 cm³/mol. The third-order valence-corrected chi connectivity index (χ3v) is 3.47. The Balaban J connectivity index is 2.35. The van der Waals surface area contributed by atoms with Crippen LogP contribution in [-0.4, -0.2) is 22.0 Å². The normalized spacial score (nSPS) is 11.7. The van der Waals surface area contributed by atoms with Gasteiger partial charge in [-0.2, -0.15) is 0 Å². The third-order valence-electron chi connectivity index (χ3n) is 2.54. The van der Waals surface area contributed by atoms with E-state index in [1.165, 1.54) is 23.5 Å². The number of rotatable bonds is 4. The minimum absolute atomic E-state index is 0.0794. The molecule has 3 N–H and O–H groups in total. The fourth-order valence-corrected chi connectivity index (χ4v) is 2.50. The molecule has 0 atom stereocenters. The first-order chi connectivity index (χ1) is 8.41. The second-order valence-electron chi connectivity index (χ2n) is 4.64. The van der Waals surface area contributed by atoms with E-state index >= 15 is 0 Å². The summed E-state index contributed by atoms with van der Waals surface area (Å²) in [5, 5.41) is 14.6. The molecule has 0 aliphatic heterocycles. The van der Waals surface area contributed by atoms with Gasteiger partial charge in [0.25, 0.3) is 5.69 Å². The molecule has 0 aliphatic rings. The topological polar surface area (TPSA) is 94.1 Å². The van der Waals surface area contributed by atoms with Gasteiger partial charge in [-0.25, -0.2) is 4.98 Å². The minimum atomic E-state index is -0.407. The van der Waals surface area contributed by atoms with Crippen molar-refractivity contribution in [1.82, 2.24) is 4.98 Å². The van der Waals surface area contributed by atoms with Crippen LogP contribution in [0.15, 0.2) is 18.2 Å². The van der Waals surface area contributed by atoms with Gasteiger partial charge in [0.1, 0.15) is 0 Å². The highest BCUT2D eigenvalue weighted by Gasteiger charge is 2.17. The Morgan fingerprint density at radius 1 is 1.56 bits per heavy atom. The van der Waals surface area contributed by atoms with E-state index in [0.717, 1.165) is 15.3 Å². The molecule has 1 aromatic carbocycles. The van der Waals surface area contributed by atoms with E-state index in [1.807, 2.05) is 13.8 Å². The standard InChI is InChI=1S/C11H14N4O2S/c1-11(2,6-12)14-10-13-8-4-3-7(15(16)17)5-9(8)18-10/h3-5H,6,12H2,1-2H3,(H,13,14). The van der Waals surface area contributed by atoms with E-state index in [9.17, 15) is 10.1 Å². The quantitative estimate of drug-likeness (QED) is 0.654. The maximum absolute atomic E-state index is 10.7. The van der Waals surface area contributed by atoms with E-state index in [-0.39, 0.29) is 11.2 Å². The van der Waals surface area contributed by atoms with Crippen molar-refractivity contribution in [3.63, 3.8) is 0 Å². The van der Waals surface area contributed by atoms with Gasteiger partial charge in [-0.1, -0.05) is 11.3 Å². The summed E-state index contributed by atoms with van der Waals surface area (Å²) < 4.78 is 0.791. The van der Waals surface area contributed by atoms with E-state index in [2.05, 4.69) is 10.3 Å². The molecule has 0 bridgehead atoms. The lowest BCUT2D eigenvalue weighted by atomic mass is 10.1. The Morgan fingerprint density at radius 3 is 2.89 bits per heavy atom. The van der Waals surface area contributed by atoms with Crippen molar-refractivity contribution in [2.45, 2.75) is 19.4 Å². The molecule has 96 valence electrons. The summed E-state index contributed by atoms with van der Waals surface area (Å²) in [6.45, 7) is 4.42. The van der Waals surface area contributed by atoms with Crippen molar-refractivity contribution in [2.24, 2.45) is 5.73 Å². The molecule has 2 rings (SSSR count). The minimum Gasteiger partial charge on any atom is -0.355 e. The number of hydrogen-bond donors (Lipinski definition) is 2. The number of benzene rings is 1. The number of aromatic nitrogens is 1. The summed E-state index contributed by atoms with van der Waals surface area (Å²) in [6.07, 6.45) is 0. The van der Waals surface area contributed by atoms with Crippen LogP contribution in [0.25, 0.3) is 10.2 Å². The van der Waals surface area contributed by atoms with Gasteiger partial charge in [0, 0.05) is 24.2 Å². The first-order valence-corrected chi connectivity index (χ1v) is 6.26. The zero-order valence-electron chi connectivity index (χ0n) is 10.1. The lowest BCUT2D eigenvalue weighted by molar-refractivity contribution is -0.384. The fraction of sp³-hybridized carbons (Fsp3) is 0.364. The SMILES string of the molecule is CC(C)(CN)Nc1nc2ccc([N+](=O)[O-])cc2s1. The smallest absolute Gasteiger partial charge is 0.270 e. The van der Waals surface area contributed by atoms with E-state index < -0.39 is 4.92 Å². The number of thiazole rings is 1. The average Bonchev–Trinajstić information content (AvgIpc) is 2.68. The molecule has 0 amide bonds. The average molecular weight is 266 g/mol. The molecule has 1 heterocycles. The van der Waals surface area contributed by atoms with Crippen molar-refractivity contribution < 1.29 is 4.92 Å². The van der Waals surface area contributed by atoms with Crippen molar-refractivity contribution in [1.29, 1.82) is 0 Å². The van der Waals surface area contributed by atoms with Gasteiger partial charge >= 0.3 is 0 Å². The second kappa shape index (κ2) is 4.51. The first kappa shape index (κ1) is 12.7. The lowest BCUT2D eigenvalue weighted by Gasteiger charge is -2.23. The van der Waals surface area contributed by atoms with Crippen LogP contribution in [0.5, 0.6) is 0 Å². The van der Waals surface area contributed by atoms with Gasteiger partial charge in [0.05, 0.1) is 15.1 Å². The number of nitrogens with zero attached hydrogens (tertiary/aromatic N) is 2. The molecule has 0 saturated carbocycles. The summed E-state index contributed by atoms with van der Waals surface area (Å²) in [5.74, 6) is 0. The van der Waals surface area contributed by atoms with Crippen molar-refractivity contribution in [2.75, 3.05) is 11.9 Å². The molecule has 0 fully saturated rings. The second-order valence-corrected chi connectivity index (χ2v) is 5.67. The van der Waals surface area contributed by atoms with Crippen molar-refractivity contribution in [3.05, 3.63) is 28.3 Å². The summed E-state index contributed by atoms with van der Waals surface area (Å²) in [5.41, 5.74) is 6.22. The molecule has 0 unspecified atom stereocenters. The maximum atomic E-state index is 10.7. The number of anilines is 1. The Morgan fingerprint density at radius 2 is 2.28 bits per heavy atom. The van der Waals surface area contributed by atoms with Crippen LogP contribution >= 0.6 is 11.3 Å². The molecule has 1 aromatic heterocycles.